The molecule has 0 radical (unpaired) electrons. The number of nitrogens with zero attached hydrogens (tertiary/aromatic N) is 1. The van der Waals surface area contributed by atoms with Crippen molar-refractivity contribution in [3.63, 3.8) is 0 Å². The highest BCUT2D eigenvalue weighted by atomic mass is 16.4. The number of carboxylic acids is 1. The highest BCUT2D eigenvalue weighted by molar-refractivity contribution is 5.99. The van der Waals surface area contributed by atoms with Crippen molar-refractivity contribution in [2.75, 3.05) is 18.0 Å². The van der Waals surface area contributed by atoms with Gasteiger partial charge < -0.3 is 15.3 Å². The number of hydrogen-bond donors (Lipinski definition) is 2. The van der Waals surface area contributed by atoms with Gasteiger partial charge in [-0.05, 0) is 24.1 Å². The Bertz CT molecular complexity index is 470. The minimum atomic E-state index is -0.964. The number of carbonyl (C=O) groups is 2. The van der Waals surface area contributed by atoms with Gasteiger partial charge in [-0.15, -0.1) is 0 Å². The molecule has 1 aromatic rings. The number of nitrogens with one attached hydrogen (secondary N) is 1. The van der Waals surface area contributed by atoms with Crippen molar-refractivity contribution in [1.82, 2.24) is 5.32 Å². The van der Waals surface area contributed by atoms with E-state index in [2.05, 4.69) is 12.2 Å². The van der Waals surface area contributed by atoms with Crippen LogP contribution in [-0.4, -0.2) is 36.1 Å². The Balaban J connectivity index is 2.14. The lowest BCUT2D eigenvalue weighted by molar-refractivity contribution is -0.139. The van der Waals surface area contributed by atoms with E-state index in [4.69, 9.17) is 5.11 Å². The van der Waals surface area contributed by atoms with Gasteiger partial charge in [0.05, 0.1) is 12.5 Å². The molecule has 5 nitrogen and oxygen atoms in total. The molecule has 2 rings (SSSR count). The van der Waals surface area contributed by atoms with Crippen molar-refractivity contribution in [2.24, 2.45) is 0 Å². The Morgan fingerprint density at radius 1 is 1.42 bits per heavy atom. The fourth-order valence-electron chi connectivity index (χ4n) is 2.24. The number of benzene rings is 1. The number of carboxylic acid groups (broad SMARTS) is 1. The van der Waals surface area contributed by atoms with Gasteiger partial charge >= 0.3 is 5.97 Å². The molecule has 0 aliphatic carbocycles. The Hall–Kier alpha value is -1.88. The zero-order valence-electron chi connectivity index (χ0n) is 10.9. The number of amides is 1. The molecule has 1 aliphatic heterocycles. The molecule has 0 saturated carbocycles. The third-order valence-corrected chi connectivity index (χ3v) is 3.33. The summed E-state index contributed by atoms with van der Waals surface area (Å²) in [4.78, 5) is 24.6. The molecule has 1 aromatic carbocycles. The average molecular weight is 262 g/mol. The predicted octanol–water partition coefficient (Wildman–Crippen LogP) is 1.03. The van der Waals surface area contributed by atoms with Crippen LogP contribution in [0.1, 0.15) is 18.9 Å². The summed E-state index contributed by atoms with van der Waals surface area (Å²) in [7, 11) is 0. The van der Waals surface area contributed by atoms with Crippen molar-refractivity contribution in [2.45, 2.75) is 25.8 Å². The zero-order chi connectivity index (χ0) is 13.8. The Kier molecular flexibility index (Phi) is 4.16. The first kappa shape index (κ1) is 13.5. The Labute approximate surface area is 112 Å². The SMILES string of the molecule is CCc1ccc(N2CCNC(CC(=O)O)C2=O)cc1. The largest absolute Gasteiger partial charge is 0.481 e. The van der Waals surface area contributed by atoms with Gasteiger partial charge in [-0.3, -0.25) is 9.59 Å². The Morgan fingerprint density at radius 2 is 2.11 bits per heavy atom. The molecule has 0 bridgehead atoms. The first-order valence-electron chi connectivity index (χ1n) is 6.47. The maximum absolute atomic E-state index is 12.2. The van der Waals surface area contributed by atoms with E-state index in [9.17, 15) is 9.59 Å². The molecule has 1 amide bonds. The first-order chi connectivity index (χ1) is 9.11. The van der Waals surface area contributed by atoms with Crippen molar-refractivity contribution >= 4 is 17.6 Å². The van der Waals surface area contributed by atoms with E-state index in [1.807, 2.05) is 24.3 Å². The highest BCUT2D eigenvalue weighted by Crippen LogP contribution is 2.19. The van der Waals surface area contributed by atoms with Gasteiger partial charge in [0, 0.05) is 18.8 Å². The number of aryl methyl sites for hydroxylation is 1. The third-order valence-electron chi connectivity index (χ3n) is 3.33. The smallest absolute Gasteiger partial charge is 0.305 e. The lowest BCUT2D eigenvalue weighted by Gasteiger charge is -2.32. The van der Waals surface area contributed by atoms with Crippen molar-refractivity contribution < 1.29 is 14.7 Å². The molecule has 1 fully saturated rings. The van der Waals surface area contributed by atoms with E-state index in [1.54, 1.807) is 4.90 Å². The number of carbonyl (C=O) groups excluding carboxylic acids is 1. The van der Waals surface area contributed by atoms with Gasteiger partial charge in [0.1, 0.15) is 0 Å². The second kappa shape index (κ2) is 5.84. The molecule has 1 atom stereocenters. The predicted molar refractivity (Wildman–Crippen MR) is 72.2 cm³/mol. The van der Waals surface area contributed by atoms with E-state index in [0.29, 0.717) is 13.1 Å². The molecule has 1 aliphatic rings. The van der Waals surface area contributed by atoms with Crippen LogP contribution in [0.4, 0.5) is 5.69 Å². The van der Waals surface area contributed by atoms with Crippen LogP contribution in [-0.2, 0) is 16.0 Å². The summed E-state index contributed by atoms with van der Waals surface area (Å²) in [5.41, 5.74) is 2.05. The molecule has 1 saturated heterocycles. The van der Waals surface area contributed by atoms with Gasteiger partial charge in [0.2, 0.25) is 5.91 Å². The molecule has 2 N–H and O–H groups in total. The van der Waals surface area contributed by atoms with Gasteiger partial charge in [-0.25, -0.2) is 0 Å². The monoisotopic (exact) mass is 262 g/mol. The summed E-state index contributed by atoms with van der Waals surface area (Å²) in [6, 6.07) is 7.20. The van der Waals surface area contributed by atoms with E-state index in [1.165, 1.54) is 5.56 Å². The third kappa shape index (κ3) is 3.12. The van der Waals surface area contributed by atoms with Gasteiger partial charge in [0.25, 0.3) is 0 Å². The molecule has 19 heavy (non-hydrogen) atoms. The number of piperazine rings is 1. The number of aliphatic carboxylic acids is 1. The normalized spacial score (nSPS) is 19.5. The molecule has 1 unspecified atom stereocenters. The summed E-state index contributed by atoms with van der Waals surface area (Å²) in [5, 5.41) is 11.7. The fraction of sp³-hybridized carbons (Fsp3) is 0.429. The Morgan fingerprint density at radius 3 is 2.68 bits per heavy atom. The molecule has 5 heteroatoms. The molecular weight excluding hydrogens is 244 g/mol. The molecule has 102 valence electrons. The van der Waals surface area contributed by atoms with Crippen LogP contribution in [0.5, 0.6) is 0 Å². The average Bonchev–Trinajstić information content (AvgIpc) is 2.41. The van der Waals surface area contributed by atoms with Crippen LogP contribution in [0.15, 0.2) is 24.3 Å². The lowest BCUT2D eigenvalue weighted by atomic mass is 10.1. The first-order valence-corrected chi connectivity index (χ1v) is 6.47. The molecule has 1 heterocycles. The number of rotatable bonds is 4. The van der Waals surface area contributed by atoms with E-state index in [0.717, 1.165) is 12.1 Å². The summed E-state index contributed by atoms with van der Waals surface area (Å²) < 4.78 is 0. The van der Waals surface area contributed by atoms with Crippen LogP contribution >= 0.6 is 0 Å². The minimum absolute atomic E-state index is 0.169. The van der Waals surface area contributed by atoms with Crippen molar-refractivity contribution in [3.8, 4) is 0 Å². The summed E-state index contributed by atoms with van der Waals surface area (Å²) in [6.07, 6.45) is 0.778. The van der Waals surface area contributed by atoms with Gasteiger partial charge in [-0.1, -0.05) is 19.1 Å². The number of hydrogen-bond acceptors (Lipinski definition) is 3. The summed E-state index contributed by atoms with van der Waals surface area (Å²) in [5.74, 6) is -1.13. The van der Waals surface area contributed by atoms with Crippen molar-refractivity contribution in [1.29, 1.82) is 0 Å². The maximum Gasteiger partial charge on any atom is 0.305 e. The van der Waals surface area contributed by atoms with Crippen LogP contribution in [0.2, 0.25) is 0 Å². The standard InChI is InChI=1S/C14H18N2O3/c1-2-10-3-5-11(6-4-10)16-8-7-15-12(14(16)19)9-13(17)18/h3-6,12,15H,2,7-9H2,1H3,(H,17,18). The van der Waals surface area contributed by atoms with Crippen LogP contribution in [0.25, 0.3) is 0 Å². The topological polar surface area (TPSA) is 69.6 Å². The lowest BCUT2D eigenvalue weighted by Crippen LogP contribution is -2.55. The van der Waals surface area contributed by atoms with Crippen LogP contribution < -0.4 is 10.2 Å². The summed E-state index contributed by atoms with van der Waals surface area (Å²) >= 11 is 0. The molecule has 0 spiro atoms. The van der Waals surface area contributed by atoms with E-state index >= 15 is 0 Å². The van der Waals surface area contributed by atoms with Crippen LogP contribution in [0.3, 0.4) is 0 Å². The molecule has 0 aromatic heterocycles. The van der Waals surface area contributed by atoms with Crippen molar-refractivity contribution in [3.05, 3.63) is 29.8 Å². The van der Waals surface area contributed by atoms with Gasteiger partial charge in [-0.2, -0.15) is 0 Å². The van der Waals surface area contributed by atoms with Gasteiger partial charge in [0.15, 0.2) is 0 Å². The second-order valence-electron chi connectivity index (χ2n) is 4.61. The minimum Gasteiger partial charge on any atom is -0.481 e. The number of anilines is 1. The van der Waals surface area contributed by atoms with E-state index in [-0.39, 0.29) is 12.3 Å². The van der Waals surface area contributed by atoms with Crippen LogP contribution in [0, 0.1) is 0 Å². The highest BCUT2D eigenvalue weighted by Gasteiger charge is 2.30. The second-order valence-corrected chi connectivity index (χ2v) is 4.61. The zero-order valence-corrected chi connectivity index (χ0v) is 10.9. The summed E-state index contributed by atoms with van der Waals surface area (Å²) in [6.45, 7) is 3.26. The quantitative estimate of drug-likeness (QED) is 0.850. The fourth-order valence-corrected chi connectivity index (χ4v) is 2.24. The van der Waals surface area contributed by atoms with E-state index < -0.39 is 12.0 Å². The molecular formula is C14H18N2O3. The maximum atomic E-state index is 12.2.